The number of nitrogens with two attached hydrogens (primary N) is 1. The molecule has 0 saturated carbocycles. The molecule has 1 aromatic rings. The number of nitrogens with one attached hydrogen (secondary N) is 1. The fourth-order valence-electron chi connectivity index (χ4n) is 1.29. The largest absolute Gasteiger partial charge is 0.386 e. The van der Waals surface area contributed by atoms with Crippen LogP contribution in [0, 0.1) is 6.92 Å². The molecule has 4 N–H and O–H groups in total. The molecule has 0 saturated heterocycles. The minimum atomic E-state index is -0.526. The van der Waals surface area contributed by atoms with Crippen molar-refractivity contribution in [1.82, 2.24) is 5.32 Å². The van der Waals surface area contributed by atoms with Gasteiger partial charge >= 0.3 is 0 Å². The molecule has 1 heterocycles. The van der Waals surface area contributed by atoms with Gasteiger partial charge in [-0.3, -0.25) is 0 Å². The van der Waals surface area contributed by atoms with Gasteiger partial charge in [-0.05, 0) is 39.1 Å². The molecule has 0 amide bonds. The molecule has 0 radical (unpaired) electrons. The number of thiophene rings is 1. The van der Waals surface area contributed by atoms with Gasteiger partial charge in [0.1, 0.15) is 6.10 Å². The second-order valence-corrected chi connectivity index (χ2v) is 4.77. The quantitative estimate of drug-likeness (QED) is 0.686. The summed E-state index contributed by atoms with van der Waals surface area (Å²) in [4.78, 5) is 2.17. The third-order valence-corrected chi connectivity index (χ3v) is 3.26. The Morgan fingerprint density at radius 1 is 1.57 bits per heavy atom. The summed E-state index contributed by atoms with van der Waals surface area (Å²) < 4.78 is 0. The fourth-order valence-corrected chi connectivity index (χ4v) is 2.23. The lowest BCUT2D eigenvalue weighted by molar-refractivity contribution is 0.146. The van der Waals surface area contributed by atoms with Crippen LogP contribution >= 0.6 is 11.3 Å². The van der Waals surface area contributed by atoms with Crippen LogP contribution in [0.5, 0.6) is 0 Å². The van der Waals surface area contributed by atoms with Crippen molar-refractivity contribution in [2.75, 3.05) is 13.6 Å². The molecule has 2 unspecified atom stereocenters. The van der Waals surface area contributed by atoms with Crippen molar-refractivity contribution in [3.05, 3.63) is 21.9 Å². The number of rotatable bonds is 5. The Morgan fingerprint density at radius 2 is 2.29 bits per heavy atom. The third-order valence-electron chi connectivity index (χ3n) is 2.19. The van der Waals surface area contributed by atoms with Gasteiger partial charge in [-0.1, -0.05) is 0 Å². The highest BCUT2D eigenvalue weighted by Crippen LogP contribution is 2.25. The van der Waals surface area contributed by atoms with Crippen molar-refractivity contribution < 1.29 is 5.11 Å². The van der Waals surface area contributed by atoms with Gasteiger partial charge in [0.15, 0.2) is 0 Å². The highest BCUT2D eigenvalue weighted by molar-refractivity contribution is 7.12. The average molecular weight is 214 g/mol. The zero-order valence-corrected chi connectivity index (χ0v) is 9.47. The van der Waals surface area contributed by atoms with Crippen molar-refractivity contribution in [3.63, 3.8) is 0 Å². The summed E-state index contributed by atoms with van der Waals surface area (Å²) in [6.07, 6.45) is 0.260. The first kappa shape index (κ1) is 11.7. The first-order valence-electron chi connectivity index (χ1n) is 4.79. The first-order valence-corrected chi connectivity index (χ1v) is 5.61. The van der Waals surface area contributed by atoms with Crippen LogP contribution in [0.25, 0.3) is 0 Å². The van der Waals surface area contributed by atoms with Crippen LogP contribution < -0.4 is 11.1 Å². The van der Waals surface area contributed by atoms with E-state index in [0.717, 1.165) is 17.8 Å². The molecular weight excluding hydrogens is 196 g/mol. The van der Waals surface area contributed by atoms with E-state index in [2.05, 4.69) is 5.32 Å². The van der Waals surface area contributed by atoms with Gasteiger partial charge in [-0.2, -0.15) is 0 Å². The van der Waals surface area contributed by atoms with Crippen LogP contribution in [-0.2, 0) is 0 Å². The molecule has 0 aromatic carbocycles. The Hall–Kier alpha value is -0.420. The van der Waals surface area contributed by atoms with Crippen molar-refractivity contribution in [2.24, 2.45) is 5.73 Å². The van der Waals surface area contributed by atoms with E-state index >= 15 is 0 Å². The smallest absolute Gasteiger partial charge is 0.103 e. The van der Waals surface area contributed by atoms with Crippen LogP contribution in [0.2, 0.25) is 0 Å². The molecule has 4 heteroatoms. The first-order chi connectivity index (χ1) is 6.65. The summed E-state index contributed by atoms with van der Waals surface area (Å²) in [5, 5.41) is 12.9. The lowest BCUT2D eigenvalue weighted by atomic mass is 10.1. The fraction of sp³-hybridized carbons (Fsp3) is 0.600. The van der Waals surface area contributed by atoms with E-state index in [9.17, 15) is 5.11 Å². The monoisotopic (exact) mass is 214 g/mol. The van der Waals surface area contributed by atoms with Crippen molar-refractivity contribution in [1.29, 1.82) is 0 Å². The van der Waals surface area contributed by atoms with Gasteiger partial charge in [0.25, 0.3) is 0 Å². The van der Waals surface area contributed by atoms with Gasteiger partial charge in [-0.25, -0.2) is 0 Å². The lowest BCUT2D eigenvalue weighted by Crippen LogP contribution is -2.31. The SMILES string of the molecule is CNCCC(N)C(O)c1ccc(C)s1. The molecule has 1 aromatic heterocycles. The van der Waals surface area contributed by atoms with Crippen LogP contribution in [0.3, 0.4) is 0 Å². The van der Waals surface area contributed by atoms with E-state index in [-0.39, 0.29) is 6.04 Å². The molecule has 3 nitrogen and oxygen atoms in total. The predicted molar refractivity (Wildman–Crippen MR) is 60.5 cm³/mol. The Balaban J connectivity index is 2.51. The Bertz CT molecular complexity index is 275. The van der Waals surface area contributed by atoms with Crippen LogP contribution in [0.1, 0.15) is 22.3 Å². The average Bonchev–Trinajstić information content (AvgIpc) is 2.60. The summed E-state index contributed by atoms with van der Waals surface area (Å²) in [6, 6.07) is 3.78. The van der Waals surface area contributed by atoms with Crippen molar-refractivity contribution in [2.45, 2.75) is 25.5 Å². The summed E-state index contributed by atoms with van der Waals surface area (Å²) >= 11 is 1.61. The minimum absolute atomic E-state index is 0.180. The van der Waals surface area contributed by atoms with E-state index in [4.69, 9.17) is 5.73 Å². The number of hydrogen-bond donors (Lipinski definition) is 3. The molecule has 0 spiro atoms. The molecular formula is C10H18N2OS. The zero-order valence-electron chi connectivity index (χ0n) is 8.66. The Labute approximate surface area is 88.9 Å². The number of aliphatic hydroxyl groups excluding tert-OH is 1. The van der Waals surface area contributed by atoms with Gasteiger partial charge in [-0.15, -0.1) is 11.3 Å². The van der Waals surface area contributed by atoms with Gasteiger partial charge in [0.05, 0.1) is 0 Å². The van der Waals surface area contributed by atoms with Crippen molar-refractivity contribution >= 4 is 11.3 Å². The molecule has 0 aliphatic rings. The van der Waals surface area contributed by atoms with Crippen LogP contribution in [0.4, 0.5) is 0 Å². The number of aliphatic hydroxyl groups is 1. The predicted octanol–water partition coefficient (Wildman–Crippen LogP) is 1.03. The van der Waals surface area contributed by atoms with E-state index in [1.807, 2.05) is 26.1 Å². The molecule has 0 fully saturated rings. The summed E-state index contributed by atoms with van der Waals surface area (Å²) in [5.41, 5.74) is 5.86. The molecule has 0 aliphatic heterocycles. The lowest BCUT2D eigenvalue weighted by Gasteiger charge is -2.17. The Kier molecular flexibility index (Phi) is 4.54. The van der Waals surface area contributed by atoms with Crippen molar-refractivity contribution in [3.8, 4) is 0 Å². The third kappa shape index (κ3) is 3.06. The highest BCUT2D eigenvalue weighted by atomic mass is 32.1. The van der Waals surface area contributed by atoms with Gasteiger partial charge < -0.3 is 16.2 Å². The van der Waals surface area contributed by atoms with Crippen LogP contribution in [0.15, 0.2) is 12.1 Å². The molecule has 2 atom stereocenters. The normalized spacial score (nSPS) is 15.4. The van der Waals surface area contributed by atoms with E-state index < -0.39 is 6.10 Å². The molecule has 14 heavy (non-hydrogen) atoms. The maximum Gasteiger partial charge on any atom is 0.103 e. The standard InChI is InChI=1S/C10H18N2OS/c1-7-3-4-9(14-7)10(13)8(11)5-6-12-2/h3-4,8,10,12-13H,5-6,11H2,1-2H3. The Morgan fingerprint density at radius 3 is 2.79 bits per heavy atom. The highest BCUT2D eigenvalue weighted by Gasteiger charge is 2.17. The summed E-state index contributed by atoms with van der Waals surface area (Å²) in [7, 11) is 1.88. The van der Waals surface area contributed by atoms with Gasteiger partial charge in [0.2, 0.25) is 0 Å². The molecule has 80 valence electrons. The molecule has 0 aliphatic carbocycles. The van der Waals surface area contributed by atoms with Gasteiger partial charge in [0, 0.05) is 15.8 Å². The zero-order chi connectivity index (χ0) is 10.6. The maximum atomic E-state index is 9.89. The summed E-state index contributed by atoms with van der Waals surface area (Å²) in [6.45, 7) is 2.86. The molecule has 0 bridgehead atoms. The van der Waals surface area contributed by atoms with Crippen LogP contribution in [-0.4, -0.2) is 24.7 Å². The van der Waals surface area contributed by atoms with E-state index in [1.165, 1.54) is 4.88 Å². The number of aryl methyl sites for hydroxylation is 1. The number of hydrogen-bond acceptors (Lipinski definition) is 4. The maximum absolute atomic E-state index is 9.89. The van der Waals surface area contributed by atoms with E-state index in [0.29, 0.717) is 0 Å². The van der Waals surface area contributed by atoms with E-state index in [1.54, 1.807) is 11.3 Å². The second kappa shape index (κ2) is 5.46. The minimum Gasteiger partial charge on any atom is -0.386 e. The second-order valence-electron chi connectivity index (χ2n) is 3.45. The summed E-state index contributed by atoms with van der Waals surface area (Å²) in [5.74, 6) is 0. The topological polar surface area (TPSA) is 58.3 Å². The molecule has 1 rings (SSSR count).